The number of hydrogen-bond acceptors (Lipinski definition) is 3. The molecule has 270 valence electrons. The van der Waals surface area contributed by atoms with Crippen molar-refractivity contribution in [3.05, 3.63) is 159 Å². The molecule has 7 aromatic rings. The third-order valence-electron chi connectivity index (χ3n) is 13.8. The number of nitrogens with zero attached hydrogens (tertiary/aromatic N) is 3. The molecule has 0 spiro atoms. The lowest BCUT2D eigenvalue weighted by Gasteiger charge is -2.52. The first kappa shape index (κ1) is 33.4. The number of aryl methyl sites for hydroxylation is 6. The van der Waals surface area contributed by atoms with E-state index >= 15 is 0 Å². The van der Waals surface area contributed by atoms with Crippen molar-refractivity contribution < 1.29 is 0 Å². The maximum absolute atomic E-state index is 2.66. The monoisotopic (exact) mass is 721 g/mol. The minimum Gasteiger partial charge on any atom is -0.312 e. The van der Waals surface area contributed by atoms with Gasteiger partial charge in [0.15, 0.2) is 0 Å². The van der Waals surface area contributed by atoms with Crippen LogP contribution in [0, 0.1) is 62.3 Å². The lowest BCUT2D eigenvalue weighted by Crippen LogP contribution is -2.69. The van der Waals surface area contributed by atoms with Gasteiger partial charge in [0.25, 0.3) is 13.4 Å². The summed E-state index contributed by atoms with van der Waals surface area (Å²) in [5.74, 6) is 0. The third kappa shape index (κ3) is 4.26. The molecule has 0 amide bonds. The molecule has 0 saturated heterocycles. The van der Waals surface area contributed by atoms with Gasteiger partial charge in [-0.05, 0) is 183 Å². The zero-order chi connectivity index (χ0) is 38.5. The van der Waals surface area contributed by atoms with Gasteiger partial charge in [0, 0.05) is 51.2 Å². The first-order valence-corrected chi connectivity index (χ1v) is 20.2. The molecule has 0 aliphatic carbocycles. The zero-order valence-electron chi connectivity index (χ0n) is 33.9. The van der Waals surface area contributed by atoms with E-state index in [-0.39, 0.29) is 13.4 Å². The van der Waals surface area contributed by atoms with Crippen LogP contribution in [0.1, 0.15) is 50.1 Å². The number of anilines is 9. The predicted molar refractivity (Wildman–Crippen MR) is 242 cm³/mol. The smallest absolute Gasteiger partial charge is 0.252 e. The molecule has 0 fully saturated rings. The Morgan fingerprint density at radius 3 is 1.12 bits per heavy atom. The van der Waals surface area contributed by atoms with Crippen LogP contribution >= 0.6 is 0 Å². The molecule has 5 heteroatoms. The fraction of sp³-hybridized carbons (Fsp3) is 0.176. The van der Waals surface area contributed by atoms with Crippen LogP contribution in [0.3, 0.4) is 0 Å². The van der Waals surface area contributed by atoms with Gasteiger partial charge in [0.2, 0.25) is 0 Å². The van der Waals surface area contributed by atoms with Gasteiger partial charge in [0.05, 0.1) is 0 Å². The summed E-state index contributed by atoms with van der Waals surface area (Å²) >= 11 is 0. The van der Waals surface area contributed by atoms with Crippen molar-refractivity contribution in [1.82, 2.24) is 0 Å². The van der Waals surface area contributed by atoms with Gasteiger partial charge in [0.1, 0.15) is 0 Å². The normalized spacial score (nSPS) is 14.0. The average Bonchev–Trinajstić information content (AvgIpc) is 3.19. The van der Waals surface area contributed by atoms with Crippen LogP contribution < -0.4 is 47.5 Å². The molecule has 4 aliphatic heterocycles. The van der Waals surface area contributed by atoms with Crippen molar-refractivity contribution in [2.24, 2.45) is 0 Å². The Labute approximate surface area is 332 Å². The van der Waals surface area contributed by atoms with Crippen LogP contribution in [0.25, 0.3) is 0 Å². The van der Waals surface area contributed by atoms with Gasteiger partial charge >= 0.3 is 0 Å². The van der Waals surface area contributed by atoms with E-state index in [1.165, 1.54) is 134 Å². The minimum absolute atomic E-state index is 0.0809. The number of hydrogen-bond donors (Lipinski definition) is 0. The Morgan fingerprint density at radius 1 is 0.339 bits per heavy atom. The highest BCUT2D eigenvalue weighted by Crippen LogP contribution is 2.52. The molecule has 0 radical (unpaired) electrons. The molecule has 4 heterocycles. The number of rotatable bonds is 2. The van der Waals surface area contributed by atoms with Gasteiger partial charge in [-0.15, -0.1) is 0 Å². The van der Waals surface area contributed by atoms with E-state index in [2.05, 4.69) is 186 Å². The van der Waals surface area contributed by atoms with Crippen molar-refractivity contribution in [2.75, 3.05) is 14.7 Å². The average molecular weight is 722 g/mol. The highest BCUT2D eigenvalue weighted by molar-refractivity contribution is 7.05. The Balaban J connectivity index is 1.37. The molecule has 0 aromatic heterocycles. The van der Waals surface area contributed by atoms with Crippen LogP contribution in [0.4, 0.5) is 51.2 Å². The second kappa shape index (κ2) is 11.6. The van der Waals surface area contributed by atoms with Crippen LogP contribution in [-0.4, -0.2) is 13.4 Å². The fourth-order valence-electron chi connectivity index (χ4n) is 10.7. The molecule has 0 N–H and O–H groups in total. The topological polar surface area (TPSA) is 9.72 Å². The maximum Gasteiger partial charge on any atom is 0.252 e. The zero-order valence-corrected chi connectivity index (χ0v) is 33.9. The molecule has 56 heavy (non-hydrogen) atoms. The van der Waals surface area contributed by atoms with Gasteiger partial charge in [-0.1, -0.05) is 71.8 Å². The maximum atomic E-state index is 2.66. The fourth-order valence-corrected chi connectivity index (χ4v) is 10.7. The molecular weight excluding hydrogens is 676 g/mol. The molecule has 0 unspecified atom stereocenters. The van der Waals surface area contributed by atoms with Crippen LogP contribution in [0.2, 0.25) is 0 Å². The van der Waals surface area contributed by atoms with Gasteiger partial charge in [-0.3, -0.25) is 0 Å². The Morgan fingerprint density at radius 2 is 0.714 bits per heavy atom. The van der Waals surface area contributed by atoms with E-state index in [0.717, 1.165) is 0 Å². The van der Waals surface area contributed by atoms with E-state index < -0.39 is 0 Å². The van der Waals surface area contributed by atoms with Gasteiger partial charge < -0.3 is 14.7 Å². The van der Waals surface area contributed by atoms with E-state index in [1.54, 1.807) is 0 Å². The molecular formula is C51H45B2N3. The Hall–Kier alpha value is -5.93. The SMILES string of the molecule is Cc1ccc2c(c1)B1c3ccccc3N(c3cc(C)c(C)c(C)c3)c3c(C)c4c5c(c31)N2c1ccc(C)cc1B5c1ccccc1N4c1cc(C)c(C)c(C)c1. The van der Waals surface area contributed by atoms with Crippen molar-refractivity contribution in [3.63, 3.8) is 0 Å². The molecule has 3 nitrogen and oxygen atoms in total. The van der Waals surface area contributed by atoms with Crippen LogP contribution in [0.5, 0.6) is 0 Å². The van der Waals surface area contributed by atoms with Crippen molar-refractivity contribution >= 4 is 97.4 Å². The summed E-state index contributed by atoms with van der Waals surface area (Å²) < 4.78 is 0. The third-order valence-corrected chi connectivity index (χ3v) is 13.8. The molecule has 0 atom stereocenters. The summed E-state index contributed by atoms with van der Waals surface area (Å²) in [7, 11) is 0. The predicted octanol–water partition coefficient (Wildman–Crippen LogP) is 9.16. The summed E-state index contributed by atoms with van der Waals surface area (Å²) in [6.45, 7) is 20.7. The highest BCUT2D eigenvalue weighted by Gasteiger charge is 2.52. The lowest BCUT2D eigenvalue weighted by atomic mass is 9.28. The minimum atomic E-state index is 0.0809. The van der Waals surface area contributed by atoms with Gasteiger partial charge in [-0.25, -0.2) is 0 Å². The van der Waals surface area contributed by atoms with Crippen LogP contribution in [0.15, 0.2) is 109 Å². The quantitative estimate of drug-likeness (QED) is 0.165. The summed E-state index contributed by atoms with van der Waals surface area (Å²) in [5.41, 5.74) is 31.7. The first-order valence-electron chi connectivity index (χ1n) is 20.2. The first-order chi connectivity index (χ1) is 27.0. The van der Waals surface area contributed by atoms with Crippen molar-refractivity contribution in [1.29, 1.82) is 0 Å². The number of fused-ring (bicyclic) bond motifs is 10. The summed E-state index contributed by atoms with van der Waals surface area (Å²) in [6.07, 6.45) is 0. The van der Waals surface area contributed by atoms with Gasteiger partial charge in [-0.2, -0.15) is 0 Å². The molecule has 11 rings (SSSR count). The standard InChI is InChI=1S/C51H45B2N3/c1-28-18-20-45-41(22-28)52-39-14-10-12-16-43(39)54(37-24-30(3)34(7)31(4)25-37)49-36(9)50-48-51(47(49)52)56(45)46-21-19-29(2)23-42(46)53(48)40-15-11-13-17-44(40)55(50)38-26-32(5)35(8)33(6)27-38/h10-27H,1-9H3. The Kier molecular flexibility index (Phi) is 6.89. The highest BCUT2D eigenvalue weighted by atomic mass is 15.2. The summed E-state index contributed by atoms with van der Waals surface area (Å²) in [5, 5.41) is 0. The van der Waals surface area contributed by atoms with Crippen molar-refractivity contribution in [3.8, 4) is 0 Å². The molecule has 0 saturated carbocycles. The number of para-hydroxylation sites is 2. The molecule has 7 aromatic carbocycles. The van der Waals surface area contributed by atoms with E-state index in [0.29, 0.717) is 0 Å². The summed E-state index contributed by atoms with van der Waals surface area (Å²) in [6, 6.07) is 42.4. The van der Waals surface area contributed by atoms with E-state index in [4.69, 9.17) is 0 Å². The largest absolute Gasteiger partial charge is 0.312 e. The second-order valence-corrected chi connectivity index (χ2v) is 17.0. The number of benzene rings is 7. The van der Waals surface area contributed by atoms with Crippen molar-refractivity contribution in [2.45, 2.75) is 62.3 Å². The summed E-state index contributed by atoms with van der Waals surface area (Å²) in [4.78, 5) is 7.90. The molecule has 0 bridgehead atoms. The van der Waals surface area contributed by atoms with E-state index in [1.807, 2.05) is 0 Å². The van der Waals surface area contributed by atoms with Crippen LogP contribution in [-0.2, 0) is 0 Å². The molecule has 4 aliphatic rings. The van der Waals surface area contributed by atoms with E-state index in [9.17, 15) is 0 Å². The second-order valence-electron chi connectivity index (χ2n) is 17.0. The Bertz CT molecular complexity index is 2670. The lowest BCUT2D eigenvalue weighted by molar-refractivity contribution is 1.17.